The molecule has 1 amide bonds. The maximum Gasteiger partial charge on any atom is 0.298 e. The predicted octanol–water partition coefficient (Wildman–Crippen LogP) is 6.91. The van der Waals surface area contributed by atoms with Gasteiger partial charge in [-0.15, -0.1) is 0 Å². The second kappa shape index (κ2) is 12.0. The van der Waals surface area contributed by atoms with Gasteiger partial charge in [0.25, 0.3) is 5.92 Å². The van der Waals surface area contributed by atoms with Crippen LogP contribution in [0.2, 0.25) is 5.02 Å². The molecule has 2 aliphatic rings. The molecule has 2 saturated heterocycles. The van der Waals surface area contributed by atoms with Gasteiger partial charge in [0.1, 0.15) is 12.4 Å². The Hall–Kier alpha value is -2.53. The number of hydrogen-bond acceptors (Lipinski definition) is 4. The number of benzene rings is 3. The number of alkyl halides is 2. The molecule has 3 unspecified atom stereocenters. The third-order valence-corrected chi connectivity index (χ3v) is 10.0. The second-order valence-electron chi connectivity index (χ2n) is 10.8. The molecule has 0 spiro atoms. The Morgan fingerprint density at radius 2 is 1.61 bits per heavy atom. The van der Waals surface area contributed by atoms with Crippen LogP contribution >= 0.6 is 27.5 Å². The first kappa shape index (κ1) is 29.9. The molecule has 2 bridgehead atoms. The highest BCUT2D eigenvalue weighted by Crippen LogP contribution is 2.42. The predicted molar refractivity (Wildman–Crippen MR) is 156 cm³/mol. The van der Waals surface area contributed by atoms with E-state index in [1.165, 1.54) is 53.4 Å². The highest BCUT2D eigenvalue weighted by Gasteiger charge is 2.53. The van der Waals surface area contributed by atoms with E-state index in [1.54, 1.807) is 12.1 Å². The smallest absolute Gasteiger partial charge is 0.298 e. The van der Waals surface area contributed by atoms with Crippen molar-refractivity contribution in [3.05, 3.63) is 93.4 Å². The molecule has 2 heterocycles. The third kappa shape index (κ3) is 6.61. The molecule has 6 nitrogen and oxygen atoms in total. The molecule has 41 heavy (non-hydrogen) atoms. The van der Waals surface area contributed by atoms with Crippen molar-refractivity contribution in [3.63, 3.8) is 0 Å². The van der Waals surface area contributed by atoms with Gasteiger partial charge in [0.2, 0.25) is 15.9 Å². The summed E-state index contributed by atoms with van der Waals surface area (Å²) in [6.45, 7) is 2.32. The first-order valence-electron chi connectivity index (χ1n) is 13.4. The number of nitrogens with one attached hydrogen (secondary N) is 1. The van der Waals surface area contributed by atoms with Crippen LogP contribution < -0.4 is 9.46 Å². The molecular weight excluding hydrogens is 638 g/mol. The van der Waals surface area contributed by atoms with Crippen LogP contribution in [0.3, 0.4) is 0 Å². The summed E-state index contributed by atoms with van der Waals surface area (Å²) in [5.41, 5.74) is 0.413. The van der Waals surface area contributed by atoms with E-state index in [9.17, 15) is 13.2 Å². The van der Waals surface area contributed by atoms with E-state index >= 15 is 8.78 Å². The van der Waals surface area contributed by atoms with Crippen LogP contribution in [-0.2, 0) is 27.3 Å². The van der Waals surface area contributed by atoms with Crippen LogP contribution in [0.25, 0.3) is 0 Å². The highest BCUT2D eigenvalue weighted by atomic mass is 79.9. The zero-order valence-corrected chi connectivity index (χ0v) is 25.4. The van der Waals surface area contributed by atoms with Gasteiger partial charge in [-0.05, 0) is 85.7 Å². The van der Waals surface area contributed by atoms with Crippen molar-refractivity contribution in [2.75, 3.05) is 0 Å². The Balaban J connectivity index is 1.39. The van der Waals surface area contributed by atoms with E-state index in [2.05, 4.69) is 27.6 Å². The van der Waals surface area contributed by atoms with Crippen molar-refractivity contribution in [2.45, 2.75) is 68.2 Å². The number of carbonyl (C=O) groups is 1. The monoisotopic (exact) mass is 666 g/mol. The Bertz CT molecular complexity index is 1470. The molecule has 11 heteroatoms. The zero-order valence-electron chi connectivity index (χ0n) is 22.3. The summed E-state index contributed by atoms with van der Waals surface area (Å²) in [7, 11) is -4.51. The minimum absolute atomic E-state index is 0.180. The van der Waals surface area contributed by atoms with Crippen molar-refractivity contribution in [2.24, 2.45) is 5.92 Å². The largest absolute Gasteiger partial charge is 0.489 e. The van der Waals surface area contributed by atoms with Crippen molar-refractivity contribution in [3.8, 4) is 5.75 Å². The molecule has 0 radical (unpaired) electrons. The van der Waals surface area contributed by atoms with Gasteiger partial charge < -0.3 is 9.64 Å². The summed E-state index contributed by atoms with van der Waals surface area (Å²) in [6, 6.07) is 15.1. The van der Waals surface area contributed by atoms with E-state index in [0.29, 0.717) is 34.0 Å². The lowest BCUT2D eigenvalue weighted by Gasteiger charge is -2.41. The molecule has 3 atom stereocenters. The minimum atomic E-state index is -4.51. The SMILES string of the molecule is CC1CC2CCC(C1)N2C(=O)C(NS(=O)(=O)c1ccc(OCc2ccc(Cl)cc2)cc1)C(F)(F)c1ccc(Br)cc1. The fraction of sp³-hybridized carbons (Fsp3) is 0.367. The van der Waals surface area contributed by atoms with Crippen LogP contribution in [0.15, 0.2) is 82.2 Å². The number of ether oxygens (including phenoxy) is 1. The molecule has 0 saturated carbocycles. The summed E-state index contributed by atoms with van der Waals surface area (Å²) in [6.07, 6.45) is 2.87. The van der Waals surface area contributed by atoms with Crippen LogP contribution in [0, 0.1) is 5.92 Å². The molecule has 218 valence electrons. The third-order valence-electron chi connectivity index (χ3n) is 7.79. The molecule has 5 rings (SSSR count). The Morgan fingerprint density at radius 1 is 1.02 bits per heavy atom. The lowest BCUT2D eigenvalue weighted by molar-refractivity contribution is -0.149. The average Bonchev–Trinajstić information content (AvgIpc) is 3.22. The van der Waals surface area contributed by atoms with Crippen molar-refractivity contribution < 1.29 is 26.7 Å². The van der Waals surface area contributed by atoms with Gasteiger partial charge >= 0.3 is 0 Å². The Kier molecular flexibility index (Phi) is 8.76. The zero-order chi connectivity index (χ0) is 29.4. The number of piperidine rings is 1. The van der Waals surface area contributed by atoms with Crippen LogP contribution in [0.4, 0.5) is 8.78 Å². The molecule has 2 aliphatic heterocycles. The number of hydrogen-bond donors (Lipinski definition) is 1. The van der Waals surface area contributed by atoms with Gasteiger partial charge in [-0.1, -0.05) is 58.7 Å². The molecule has 0 aromatic heterocycles. The maximum atomic E-state index is 16.1. The number of sulfonamides is 1. The van der Waals surface area contributed by atoms with Gasteiger partial charge in [0.05, 0.1) is 4.90 Å². The molecule has 0 aliphatic carbocycles. The number of halogens is 4. The number of carbonyl (C=O) groups excluding carboxylic acids is 1. The lowest BCUT2D eigenvalue weighted by Crippen LogP contribution is -2.59. The van der Waals surface area contributed by atoms with E-state index in [4.69, 9.17) is 16.3 Å². The second-order valence-corrected chi connectivity index (χ2v) is 13.8. The Labute approximate surface area is 252 Å². The fourth-order valence-corrected chi connectivity index (χ4v) is 7.34. The highest BCUT2D eigenvalue weighted by molar-refractivity contribution is 9.10. The molecule has 2 fully saturated rings. The summed E-state index contributed by atoms with van der Waals surface area (Å²) in [5, 5.41) is 0.598. The minimum Gasteiger partial charge on any atom is -0.489 e. The quantitative estimate of drug-likeness (QED) is 0.269. The van der Waals surface area contributed by atoms with E-state index in [0.717, 1.165) is 18.4 Å². The lowest BCUT2D eigenvalue weighted by atomic mass is 9.91. The van der Waals surface area contributed by atoms with Crippen LogP contribution in [0.5, 0.6) is 5.75 Å². The molecule has 3 aromatic rings. The number of rotatable bonds is 9. The van der Waals surface area contributed by atoms with E-state index in [-0.39, 0.29) is 23.6 Å². The molecular formula is C30H30BrClF2N2O4S. The van der Waals surface area contributed by atoms with Crippen molar-refractivity contribution in [1.29, 1.82) is 0 Å². The van der Waals surface area contributed by atoms with Gasteiger partial charge in [0, 0.05) is 27.1 Å². The molecule has 3 aromatic carbocycles. The van der Waals surface area contributed by atoms with Gasteiger partial charge in [-0.3, -0.25) is 4.79 Å². The van der Waals surface area contributed by atoms with E-state index in [1.807, 2.05) is 12.1 Å². The topological polar surface area (TPSA) is 75.7 Å². The Morgan fingerprint density at radius 3 is 2.20 bits per heavy atom. The summed E-state index contributed by atoms with van der Waals surface area (Å²) >= 11 is 9.14. The van der Waals surface area contributed by atoms with E-state index < -0.39 is 33.5 Å². The number of nitrogens with zero attached hydrogens (tertiary/aromatic N) is 1. The summed E-state index contributed by atoms with van der Waals surface area (Å²) < 4.78 is 67.4. The first-order valence-corrected chi connectivity index (χ1v) is 16.0. The van der Waals surface area contributed by atoms with Gasteiger partial charge in [0.15, 0.2) is 6.04 Å². The van der Waals surface area contributed by atoms with Crippen LogP contribution in [-0.4, -0.2) is 37.4 Å². The van der Waals surface area contributed by atoms with Crippen molar-refractivity contribution >= 4 is 43.5 Å². The van der Waals surface area contributed by atoms with Gasteiger partial charge in [-0.25, -0.2) is 8.42 Å². The number of amides is 1. The van der Waals surface area contributed by atoms with Gasteiger partial charge in [-0.2, -0.15) is 13.5 Å². The summed E-state index contributed by atoms with van der Waals surface area (Å²) in [5.74, 6) is -3.94. The number of fused-ring (bicyclic) bond motifs is 2. The normalized spacial score (nSPS) is 21.5. The van der Waals surface area contributed by atoms with Crippen molar-refractivity contribution in [1.82, 2.24) is 9.62 Å². The summed E-state index contributed by atoms with van der Waals surface area (Å²) in [4.78, 5) is 15.1. The fourth-order valence-electron chi connectivity index (χ4n) is 5.76. The maximum absolute atomic E-state index is 16.1. The average molecular weight is 668 g/mol. The first-order chi connectivity index (χ1) is 19.4. The molecule has 1 N–H and O–H groups in total. The van der Waals surface area contributed by atoms with Crippen LogP contribution in [0.1, 0.15) is 43.7 Å². The standard InChI is InChI=1S/C30H30BrClF2N2O4S/c1-19-16-24-10-11-25(17-19)36(24)29(37)28(30(33,34)21-4-6-22(31)7-5-21)35-41(38,39)27-14-12-26(13-15-27)40-18-20-2-8-23(32)9-3-20/h2-9,12-15,19,24-25,28,35H,10-11,16-18H2,1H3.